The van der Waals surface area contributed by atoms with Crippen molar-refractivity contribution in [2.75, 3.05) is 0 Å². The highest BCUT2D eigenvalue weighted by molar-refractivity contribution is 6.29. The van der Waals surface area contributed by atoms with Crippen molar-refractivity contribution in [3.63, 3.8) is 0 Å². The molecule has 0 aliphatic rings. The van der Waals surface area contributed by atoms with Crippen LogP contribution in [0.1, 0.15) is 16.7 Å². The molecule has 0 N–H and O–H groups in total. The van der Waals surface area contributed by atoms with E-state index >= 15 is 0 Å². The molecule has 348 valence electrons. The standard InChI is InChI=1S/C69H37N7/c70-38-41-26-30-60-52(34-41)48-19-8-10-23-57(48)73(60)67-56(40-72)66-64(51-22-13-21-50-47-18-7-12-25-59(47)76(66)65(50)51)68(74-58-24-11-9-20-49(58)53-35-42(39-71)27-31-61(53)74)69(67)75-62-32-28-45(43-14-3-1-4-15-43)36-54(62)55-37-46(29-33-63(55)75)44-16-5-2-6-17-44/h1-37H. The Labute approximate surface area is 433 Å². The van der Waals surface area contributed by atoms with Crippen LogP contribution in [-0.4, -0.2) is 18.1 Å². The summed E-state index contributed by atoms with van der Waals surface area (Å²) in [5, 5.41) is 43.4. The molecule has 5 heterocycles. The van der Waals surface area contributed by atoms with Gasteiger partial charge in [0.1, 0.15) is 11.6 Å². The third-order valence-corrected chi connectivity index (χ3v) is 15.9. The second-order valence-electron chi connectivity index (χ2n) is 19.7. The third kappa shape index (κ3) is 5.51. The van der Waals surface area contributed by atoms with Gasteiger partial charge < -0.3 is 18.1 Å². The molecule has 0 aliphatic heterocycles. The summed E-state index contributed by atoms with van der Waals surface area (Å²) in [6.07, 6.45) is 0. The van der Waals surface area contributed by atoms with Crippen LogP contribution in [0.2, 0.25) is 0 Å². The van der Waals surface area contributed by atoms with Crippen LogP contribution >= 0.6 is 0 Å². The molecule has 0 fully saturated rings. The van der Waals surface area contributed by atoms with Gasteiger partial charge in [0.2, 0.25) is 0 Å². The SMILES string of the molecule is N#Cc1ccc2c(c1)c1ccccc1n2-c1c(-n2c3ccc(-c4ccccc4)cc3c3cc(-c4ccccc4)ccc32)c(-n2c3ccccc3c3cc(C#N)ccc32)c2c3cccc4c5ccccc5n(c2c1C#N)c43. The number of nitrogens with zero attached hydrogens (tertiary/aromatic N) is 7. The van der Waals surface area contributed by atoms with E-state index in [1.165, 1.54) is 0 Å². The van der Waals surface area contributed by atoms with Gasteiger partial charge in [-0.1, -0.05) is 146 Å². The van der Waals surface area contributed by atoms with E-state index in [0.29, 0.717) is 22.4 Å². The van der Waals surface area contributed by atoms with Gasteiger partial charge in [0.15, 0.2) is 0 Å². The minimum Gasteiger partial charge on any atom is -0.306 e. The van der Waals surface area contributed by atoms with Gasteiger partial charge >= 0.3 is 0 Å². The average molecular weight is 964 g/mol. The van der Waals surface area contributed by atoms with Crippen molar-refractivity contribution in [3.8, 4) is 57.5 Å². The molecule has 16 aromatic rings. The maximum atomic E-state index is 12.5. The van der Waals surface area contributed by atoms with E-state index in [4.69, 9.17) is 0 Å². The Morgan fingerprint density at radius 3 is 1.20 bits per heavy atom. The summed E-state index contributed by atoms with van der Waals surface area (Å²) in [7, 11) is 0. The van der Waals surface area contributed by atoms with Crippen molar-refractivity contribution in [1.82, 2.24) is 18.1 Å². The maximum absolute atomic E-state index is 12.5. The molecule has 0 saturated heterocycles. The van der Waals surface area contributed by atoms with Crippen LogP contribution < -0.4 is 0 Å². The fourth-order valence-electron chi connectivity index (χ4n) is 12.8. The molecule has 0 atom stereocenters. The first-order valence-electron chi connectivity index (χ1n) is 25.4. The first-order valence-corrected chi connectivity index (χ1v) is 25.4. The van der Waals surface area contributed by atoms with Gasteiger partial charge in [-0.05, 0) is 101 Å². The van der Waals surface area contributed by atoms with Gasteiger partial charge in [-0.15, -0.1) is 0 Å². The van der Waals surface area contributed by atoms with Crippen LogP contribution in [0.25, 0.3) is 143 Å². The third-order valence-electron chi connectivity index (χ3n) is 15.9. The molecule has 0 radical (unpaired) electrons. The predicted molar refractivity (Wildman–Crippen MR) is 309 cm³/mol. The largest absolute Gasteiger partial charge is 0.306 e. The number of aromatic nitrogens is 4. The molecular formula is C69H37N7. The van der Waals surface area contributed by atoms with Gasteiger partial charge in [0.25, 0.3) is 0 Å². The van der Waals surface area contributed by atoms with E-state index in [-0.39, 0.29) is 0 Å². The van der Waals surface area contributed by atoms with Crippen molar-refractivity contribution in [2.24, 2.45) is 0 Å². The summed E-state index contributed by atoms with van der Waals surface area (Å²) < 4.78 is 9.43. The lowest BCUT2D eigenvalue weighted by molar-refractivity contribution is 1.06. The van der Waals surface area contributed by atoms with Crippen LogP contribution in [0.5, 0.6) is 0 Å². The minimum atomic E-state index is 0.504. The molecule has 11 aromatic carbocycles. The first-order chi connectivity index (χ1) is 37.6. The highest BCUT2D eigenvalue weighted by Gasteiger charge is 2.34. The average Bonchev–Trinajstić information content (AvgIpc) is 4.42. The monoisotopic (exact) mass is 963 g/mol. The van der Waals surface area contributed by atoms with Crippen molar-refractivity contribution in [3.05, 3.63) is 241 Å². The Bertz CT molecular complexity index is 5220. The van der Waals surface area contributed by atoms with E-state index in [0.717, 1.165) is 137 Å². The van der Waals surface area contributed by atoms with Crippen LogP contribution in [0.4, 0.5) is 0 Å². The lowest BCUT2D eigenvalue weighted by atomic mass is 9.99. The summed E-state index contributed by atoms with van der Waals surface area (Å²) in [6.45, 7) is 0. The maximum Gasteiger partial charge on any atom is 0.104 e. The van der Waals surface area contributed by atoms with Crippen LogP contribution in [0.15, 0.2) is 224 Å². The second-order valence-corrected chi connectivity index (χ2v) is 19.7. The molecule has 0 saturated carbocycles. The van der Waals surface area contributed by atoms with Gasteiger partial charge in [-0.25, -0.2) is 0 Å². The molecule has 0 amide bonds. The molecule has 0 aliphatic carbocycles. The number of para-hydroxylation sites is 4. The number of hydrogen-bond donors (Lipinski definition) is 0. The molecule has 0 bridgehead atoms. The summed E-state index contributed by atoms with van der Waals surface area (Å²) in [4.78, 5) is 0. The smallest absolute Gasteiger partial charge is 0.104 e. The summed E-state index contributed by atoms with van der Waals surface area (Å²) in [5.74, 6) is 0. The van der Waals surface area contributed by atoms with E-state index in [1.54, 1.807) is 0 Å². The second kappa shape index (κ2) is 15.5. The summed E-state index contributed by atoms with van der Waals surface area (Å²) >= 11 is 0. The lowest BCUT2D eigenvalue weighted by Gasteiger charge is -2.25. The van der Waals surface area contributed by atoms with E-state index < -0.39 is 0 Å². The Morgan fingerprint density at radius 1 is 0.263 bits per heavy atom. The van der Waals surface area contributed by atoms with Gasteiger partial charge in [0.05, 0.1) is 90.0 Å². The first kappa shape index (κ1) is 41.7. The highest BCUT2D eigenvalue weighted by atomic mass is 15.1. The molecule has 76 heavy (non-hydrogen) atoms. The highest BCUT2D eigenvalue weighted by Crippen LogP contribution is 2.52. The number of fused-ring (bicyclic) bond motifs is 15. The minimum absolute atomic E-state index is 0.504. The summed E-state index contributed by atoms with van der Waals surface area (Å²) in [5.41, 5.74) is 16.8. The molecule has 0 spiro atoms. The van der Waals surface area contributed by atoms with Gasteiger partial charge in [-0.2, -0.15) is 15.8 Å². The molecular weight excluding hydrogens is 927 g/mol. The zero-order valence-corrected chi connectivity index (χ0v) is 40.5. The Balaban J connectivity index is 1.23. The topological polar surface area (TPSA) is 90.6 Å². The quantitative estimate of drug-likeness (QED) is 0.172. The summed E-state index contributed by atoms with van der Waals surface area (Å²) in [6, 6.07) is 86.2. The van der Waals surface area contributed by atoms with Crippen molar-refractivity contribution >= 4 is 104 Å². The Hall–Kier alpha value is -10.9. The Morgan fingerprint density at radius 2 is 0.671 bits per heavy atom. The molecule has 7 heteroatoms. The zero-order valence-electron chi connectivity index (χ0n) is 40.5. The molecule has 0 unspecified atom stereocenters. The van der Waals surface area contributed by atoms with Gasteiger partial charge in [-0.3, -0.25) is 0 Å². The fourth-order valence-corrected chi connectivity index (χ4v) is 12.8. The van der Waals surface area contributed by atoms with E-state index in [1.807, 2.05) is 36.4 Å². The normalized spacial score (nSPS) is 11.9. The van der Waals surface area contributed by atoms with E-state index in [9.17, 15) is 15.8 Å². The molecule has 16 rings (SSSR count). The molecule has 5 aromatic heterocycles. The van der Waals surface area contributed by atoms with Crippen LogP contribution in [0, 0.1) is 34.0 Å². The molecule has 7 nitrogen and oxygen atoms in total. The number of nitriles is 3. The number of rotatable bonds is 5. The van der Waals surface area contributed by atoms with Crippen molar-refractivity contribution in [1.29, 1.82) is 15.8 Å². The van der Waals surface area contributed by atoms with Gasteiger partial charge in [0, 0.05) is 53.9 Å². The Kier molecular flexibility index (Phi) is 8.53. The van der Waals surface area contributed by atoms with Crippen molar-refractivity contribution in [2.45, 2.75) is 0 Å². The van der Waals surface area contributed by atoms with E-state index in [2.05, 4.69) is 224 Å². The fraction of sp³-hybridized carbons (Fsp3) is 0. The van der Waals surface area contributed by atoms with Crippen LogP contribution in [-0.2, 0) is 0 Å². The lowest BCUT2D eigenvalue weighted by Crippen LogP contribution is -2.12. The number of benzene rings is 11. The predicted octanol–water partition coefficient (Wildman–Crippen LogP) is 17.1. The number of hydrogen-bond acceptors (Lipinski definition) is 3. The zero-order chi connectivity index (χ0) is 50.3. The van der Waals surface area contributed by atoms with Crippen molar-refractivity contribution < 1.29 is 0 Å². The van der Waals surface area contributed by atoms with Crippen LogP contribution in [0.3, 0.4) is 0 Å².